The van der Waals surface area contributed by atoms with E-state index < -0.39 is 5.60 Å². The third-order valence-corrected chi connectivity index (χ3v) is 4.31. The van der Waals surface area contributed by atoms with Crippen LogP contribution in [-0.4, -0.2) is 43.5 Å². The fourth-order valence-electron chi connectivity index (χ4n) is 3.04. The van der Waals surface area contributed by atoms with Crippen LogP contribution in [0.2, 0.25) is 0 Å². The van der Waals surface area contributed by atoms with Gasteiger partial charge in [-0.25, -0.2) is 4.79 Å². The first-order valence-corrected chi connectivity index (χ1v) is 9.00. The first-order chi connectivity index (χ1) is 11.9. The molecule has 0 atom stereocenters. The number of amides is 1. The highest BCUT2D eigenvalue weighted by Gasteiger charge is 2.31. The van der Waals surface area contributed by atoms with Gasteiger partial charge < -0.3 is 24.8 Å². The van der Waals surface area contributed by atoms with Crippen LogP contribution in [0.4, 0.5) is 4.79 Å². The lowest BCUT2D eigenvalue weighted by molar-refractivity contribution is 0.0465. The fraction of sp³-hybridized carbons (Fsp3) is 0.632. The standard InChI is InChI=1S/C19H28N2O4/c1-19(2,3)25-18(22)21-15-11-14(12-15)20-7-6-13-4-5-16-17(10-13)24-9-8-23-16/h4-5,10,14-15,20H,6-9,11-12H2,1-3H3,(H,21,22). The van der Waals surface area contributed by atoms with Crippen LogP contribution in [0, 0.1) is 0 Å². The quantitative estimate of drug-likeness (QED) is 0.856. The van der Waals surface area contributed by atoms with Crippen molar-refractivity contribution in [1.82, 2.24) is 10.6 Å². The molecule has 0 radical (unpaired) electrons. The van der Waals surface area contributed by atoms with Crippen molar-refractivity contribution >= 4 is 6.09 Å². The smallest absolute Gasteiger partial charge is 0.407 e. The van der Waals surface area contributed by atoms with Gasteiger partial charge in [0.15, 0.2) is 11.5 Å². The summed E-state index contributed by atoms with van der Waals surface area (Å²) in [6.45, 7) is 7.75. The number of hydrogen-bond acceptors (Lipinski definition) is 5. The number of benzene rings is 1. The summed E-state index contributed by atoms with van der Waals surface area (Å²) >= 11 is 0. The van der Waals surface area contributed by atoms with Gasteiger partial charge in [0.1, 0.15) is 18.8 Å². The Morgan fingerprint density at radius 1 is 1.16 bits per heavy atom. The van der Waals surface area contributed by atoms with Gasteiger partial charge >= 0.3 is 6.09 Å². The van der Waals surface area contributed by atoms with E-state index in [0.717, 1.165) is 37.3 Å². The number of ether oxygens (including phenoxy) is 3. The minimum atomic E-state index is -0.449. The molecule has 1 heterocycles. The van der Waals surface area contributed by atoms with Crippen molar-refractivity contribution in [3.05, 3.63) is 23.8 Å². The number of rotatable bonds is 5. The molecule has 25 heavy (non-hydrogen) atoms. The van der Waals surface area contributed by atoms with E-state index >= 15 is 0 Å². The second-order valence-corrected chi connectivity index (χ2v) is 7.69. The lowest BCUT2D eigenvalue weighted by Crippen LogP contribution is -2.53. The van der Waals surface area contributed by atoms with E-state index in [1.54, 1.807) is 0 Å². The molecule has 0 unspecified atom stereocenters. The van der Waals surface area contributed by atoms with Gasteiger partial charge in [0.2, 0.25) is 0 Å². The van der Waals surface area contributed by atoms with Crippen molar-refractivity contribution in [3.8, 4) is 11.5 Å². The molecule has 1 amide bonds. The molecule has 138 valence electrons. The number of nitrogens with one attached hydrogen (secondary N) is 2. The number of alkyl carbamates (subject to hydrolysis) is 1. The van der Waals surface area contributed by atoms with Crippen molar-refractivity contribution in [2.75, 3.05) is 19.8 Å². The van der Waals surface area contributed by atoms with Gasteiger partial charge in [0, 0.05) is 12.1 Å². The van der Waals surface area contributed by atoms with Gasteiger partial charge in [-0.05, 0) is 64.3 Å². The first-order valence-electron chi connectivity index (χ1n) is 9.00. The summed E-state index contributed by atoms with van der Waals surface area (Å²) in [5.74, 6) is 1.67. The lowest BCUT2D eigenvalue weighted by Gasteiger charge is -2.36. The highest BCUT2D eigenvalue weighted by Crippen LogP contribution is 2.30. The van der Waals surface area contributed by atoms with Crippen molar-refractivity contribution in [3.63, 3.8) is 0 Å². The average Bonchev–Trinajstić information content (AvgIpc) is 2.50. The van der Waals surface area contributed by atoms with E-state index in [4.69, 9.17) is 14.2 Å². The predicted molar refractivity (Wildman–Crippen MR) is 95.3 cm³/mol. The number of carbonyl (C=O) groups is 1. The van der Waals surface area contributed by atoms with E-state index in [9.17, 15) is 4.79 Å². The molecule has 1 aliphatic carbocycles. The molecule has 0 bridgehead atoms. The Balaban J connectivity index is 1.33. The molecule has 1 aliphatic heterocycles. The Labute approximate surface area is 149 Å². The molecule has 1 fully saturated rings. The van der Waals surface area contributed by atoms with Crippen LogP contribution in [0.15, 0.2) is 18.2 Å². The molecule has 0 aromatic heterocycles. The molecule has 0 saturated heterocycles. The molecule has 2 N–H and O–H groups in total. The Morgan fingerprint density at radius 2 is 1.88 bits per heavy atom. The highest BCUT2D eigenvalue weighted by atomic mass is 16.6. The summed E-state index contributed by atoms with van der Waals surface area (Å²) in [4.78, 5) is 11.7. The molecule has 6 nitrogen and oxygen atoms in total. The molecule has 1 saturated carbocycles. The van der Waals surface area contributed by atoms with E-state index in [1.165, 1.54) is 5.56 Å². The van der Waals surface area contributed by atoms with Crippen molar-refractivity contribution in [1.29, 1.82) is 0 Å². The SMILES string of the molecule is CC(C)(C)OC(=O)NC1CC(NCCc2ccc3c(c2)OCCO3)C1. The van der Waals surface area contributed by atoms with Gasteiger partial charge in [-0.15, -0.1) is 0 Å². The van der Waals surface area contributed by atoms with Crippen LogP contribution in [0.3, 0.4) is 0 Å². The zero-order chi connectivity index (χ0) is 17.9. The minimum Gasteiger partial charge on any atom is -0.486 e. The normalized spacial score (nSPS) is 22.0. The predicted octanol–water partition coefficient (Wildman–Crippen LogP) is 2.65. The first kappa shape index (κ1) is 17.9. The highest BCUT2D eigenvalue weighted by molar-refractivity contribution is 5.68. The second-order valence-electron chi connectivity index (χ2n) is 7.69. The van der Waals surface area contributed by atoms with Crippen molar-refractivity contribution in [2.45, 2.75) is 57.7 Å². The van der Waals surface area contributed by atoms with E-state index in [2.05, 4.69) is 22.8 Å². The summed E-state index contributed by atoms with van der Waals surface area (Å²) in [7, 11) is 0. The van der Waals surface area contributed by atoms with Gasteiger partial charge in [-0.2, -0.15) is 0 Å². The summed E-state index contributed by atoms with van der Waals surface area (Å²) in [5, 5.41) is 6.45. The van der Waals surface area contributed by atoms with E-state index in [0.29, 0.717) is 19.3 Å². The summed E-state index contributed by atoms with van der Waals surface area (Å²) in [5.41, 5.74) is 0.786. The van der Waals surface area contributed by atoms with Crippen LogP contribution in [0.25, 0.3) is 0 Å². The van der Waals surface area contributed by atoms with Gasteiger partial charge in [0.05, 0.1) is 0 Å². The van der Waals surface area contributed by atoms with Crippen molar-refractivity contribution < 1.29 is 19.0 Å². The maximum Gasteiger partial charge on any atom is 0.407 e. The maximum absolute atomic E-state index is 11.7. The third kappa shape index (κ3) is 5.26. The van der Waals surface area contributed by atoms with Crippen LogP contribution < -0.4 is 20.1 Å². The minimum absolute atomic E-state index is 0.210. The summed E-state index contributed by atoms with van der Waals surface area (Å²) in [6.07, 6.45) is 2.50. The number of fused-ring (bicyclic) bond motifs is 1. The van der Waals surface area contributed by atoms with Crippen LogP contribution >= 0.6 is 0 Å². The zero-order valence-corrected chi connectivity index (χ0v) is 15.3. The lowest BCUT2D eigenvalue weighted by atomic mass is 9.87. The molecule has 3 rings (SSSR count). The molecular formula is C19H28N2O4. The number of hydrogen-bond donors (Lipinski definition) is 2. The van der Waals surface area contributed by atoms with Gasteiger partial charge in [-0.1, -0.05) is 6.07 Å². The Hall–Kier alpha value is -1.95. The molecule has 2 aliphatic rings. The van der Waals surface area contributed by atoms with Crippen LogP contribution in [-0.2, 0) is 11.2 Å². The summed E-state index contributed by atoms with van der Waals surface area (Å²) < 4.78 is 16.4. The van der Waals surface area contributed by atoms with E-state index in [-0.39, 0.29) is 12.1 Å². The molecule has 1 aromatic rings. The number of carbonyl (C=O) groups excluding carboxylic acids is 1. The van der Waals surface area contributed by atoms with Crippen molar-refractivity contribution in [2.24, 2.45) is 0 Å². The Kier molecular flexibility index (Phi) is 5.37. The topological polar surface area (TPSA) is 68.8 Å². The van der Waals surface area contributed by atoms with Crippen LogP contribution in [0.5, 0.6) is 11.5 Å². The Bertz CT molecular complexity index is 606. The largest absolute Gasteiger partial charge is 0.486 e. The molecule has 1 aromatic carbocycles. The van der Waals surface area contributed by atoms with E-state index in [1.807, 2.05) is 26.8 Å². The molecular weight excluding hydrogens is 320 g/mol. The Morgan fingerprint density at radius 3 is 2.60 bits per heavy atom. The molecule has 0 spiro atoms. The third-order valence-electron chi connectivity index (χ3n) is 4.31. The van der Waals surface area contributed by atoms with Crippen LogP contribution in [0.1, 0.15) is 39.2 Å². The second kappa shape index (κ2) is 7.52. The molecule has 6 heteroatoms. The van der Waals surface area contributed by atoms with Gasteiger partial charge in [-0.3, -0.25) is 0 Å². The average molecular weight is 348 g/mol. The zero-order valence-electron chi connectivity index (χ0n) is 15.3. The summed E-state index contributed by atoms with van der Waals surface area (Å²) in [6, 6.07) is 6.79. The van der Waals surface area contributed by atoms with Gasteiger partial charge in [0.25, 0.3) is 0 Å². The monoisotopic (exact) mass is 348 g/mol. The fourth-order valence-corrected chi connectivity index (χ4v) is 3.04. The maximum atomic E-state index is 11.7.